The number of amides is 1. The molecule has 0 radical (unpaired) electrons. The van der Waals surface area contributed by atoms with Crippen LogP contribution in [-0.4, -0.2) is 69.1 Å². The van der Waals surface area contributed by atoms with Crippen LogP contribution in [0.25, 0.3) is 0 Å². The molecule has 0 unspecified atom stereocenters. The number of anilines is 1. The molecule has 0 saturated carbocycles. The molecule has 1 amide bonds. The quantitative estimate of drug-likeness (QED) is 0.792. The van der Waals surface area contributed by atoms with Crippen molar-refractivity contribution in [2.24, 2.45) is 0 Å². The summed E-state index contributed by atoms with van der Waals surface area (Å²) in [6.07, 6.45) is 8.23. The number of hydrogen-bond acceptors (Lipinski definition) is 7. The zero-order valence-corrected chi connectivity index (χ0v) is 15.8. The lowest BCUT2D eigenvalue weighted by Gasteiger charge is -2.47. The summed E-state index contributed by atoms with van der Waals surface area (Å²) in [5.74, 6) is 0.864. The molecule has 2 aliphatic rings. The van der Waals surface area contributed by atoms with E-state index >= 15 is 0 Å². The lowest BCUT2D eigenvalue weighted by atomic mass is 9.89. The third-order valence-electron chi connectivity index (χ3n) is 5.37. The monoisotopic (exact) mass is 368 g/mol. The molecule has 0 aliphatic carbocycles. The van der Waals surface area contributed by atoms with Crippen molar-refractivity contribution in [3.63, 3.8) is 0 Å². The Morgan fingerprint density at radius 2 is 1.81 bits per heavy atom. The van der Waals surface area contributed by atoms with Gasteiger partial charge in [0, 0.05) is 44.8 Å². The molecule has 27 heavy (non-hydrogen) atoms. The van der Waals surface area contributed by atoms with Gasteiger partial charge in [-0.2, -0.15) is 0 Å². The lowest BCUT2D eigenvalue weighted by Crippen LogP contribution is -2.58. The van der Waals surface area contributed by atoms with Crippen LogP contribution in [0.15, 0.2) is 24.8 Å². The molecule has 1 spiro atoms. The Kier molecular flexibility index (Phi) is 4.73. The van der Waals surface area contributed by atoms with Crippen molar-refractivity contribution in [3.05, 3.63) is 41.9 Å². The first-order chi connectivity index (χ1) is 13.1. The predicted octanol–water partition coefficient (Wildman–Crippen LogP) is 1.40. The van der Waals surface area contributed by atoms with Crippen molar-refractivity contribution >= 4 is 11.7 Å². The van der Waals surface area contributed by atoms with Crippen molar-refractivity contribution < 1.29 is 9.53 Å². The van der Waals surface area contributed by atoms with Crippen LogP contribution in [-0.2, 0) is 4.74 Å². The molecule has 0 aromatic carbocycles. The minimum atomic E-state index is -0.238. The van der Waals surface area contributed by atoms with Gasteiger partial charge in [0.2, 0.25) is 0 Å². The molecule has 2 fully saturated rings. The molecule has 0 bridgehead atoms. The summed E-state index contributed by atoms with van der Waals surface area (Å²) in [5, 5.41) is 0. The Morgan fingerprint density at radius 1 is 1.04 bits per heavy atom. The number of aromatic nitrogens is 4. The number of ether oxygens (including phenoxy) is 1. The normalized spacial score (nSPS) is 19.3. The third kappa shape index (κ3) is 3.62. The summed E-state index contributed by atoms with van der Waals surface area (Å²) in [5.41, 5.74) is 1.90. The first-order valence-corrected chi connectivity index (χ1v) is 9.31. The van der Waals surface area contributed by atoms with E-state index in [1.807, 2.05) is 18.7 Å². The van der Waals surface area contributed by atoms with Gasteiger partial charge in [0.15, 0.2) is 0 Å². The second kappa shape index (κ2) is 7.19. The molecule has 2 aromatic heterocycles. The van der Waals surface area contributed by atoms with Crippen molar-refractivity contribution in [1.29, 1.82) is 0 Å². The summed E-state index contributed by atoms with van der Waals surface area (Å²) < 4.78 is 6.19. The molecule has 4 rings (SSSR count). The van der Waals surface area contributed by atoms with Crippen LogP contribution in [0.5, 0.6) is 0 Å². The number of rotatable bonds is 2. The van der Waals surface area contributed by atoms with Crippen LogP contribution < -0.4 is 4.90 Å². The molecule has 8 heteroatoms. The molecule has 2 saturated heterocycles. The van der Waals surface area contributed by atoms with Gasteiger partial charge in [0.05, 0.1) is 29.8 Å². The number of likely N-dealkylation sites (tertiary alicyclic amines) is 1. The van der Waals surface area contributed by atoms with Gasteiger partial charge in [0.1, 0.15) is 11.5 Å². The minimum Gasteiger partial charge on any atom is -0.371 e. The Bertz CT molecular complexity index is 817. The topological polar surface area (TPSA) is 84.3 Å². The fourth-order valence-electron chi connectivity index (χ4n) is 3.82. The second-order valence-corrected chi connectivity index (χ2v) is 7.25. The van der Waals surface area contributed by atoms with Gasteiger partial charge < -0.3 is 14.5 Å². The molecule has 8 nitrogen and oxygen atoms in total. The molecule has 4 heterocycles. The van der Waals surface area contributed by atoms with Gasteiger partial charge in [0.25, 0.3) is 5.91 Å². The van der Waals surface area contributed by atoms with E-state index in [1.165, 1.54) is 0 Å². The van der Waals surface area contributed by atoms with Crippen molar-refractivity contribution in [2.45, 2.75) is 32.3 Å². The molecule has 142 valence electrons. The Morgan fingerprint density at radius 3 is 2.52 bits per heavy atom. The molecular weight excluding hydrogens is 344 g/mol. The van der Waals surface area contributed by atoms with E-state index in [-0.39, 0.29) is 11.5 Å². The van der Waals surface area contributed by atoms with Gasteiger partial charge in [-0.15, -0.1) is 0 Å². The van der Waals surface area contributed by atoms with E-state index in [1.54, 1.807) is 24.8 Å². The van der Waals surface area contributed by atoms with Crippen LogP contribution in [0.1, 0.15) is 34.7 Å². The smallest absolute Gasteiger partial charge is 0.274 e. The second-order valence-electron chi connectivity index (χ2n) is 7.25. The fourth-order valence-corrected chi connectivity index (χ4v) is 3.82. The maximum Gasteiger partial charge on any atom is 0.274 e. The minimum absolute atomic E-state index is 0.0604. The van der Waals surface area contributed by atoms with Crippen LogP contribution in [0.3, 0.4) is 0 Å². The maximum absolute atomic E-state index is 12.7. The number of hydrogen-bond donors (Lipinski definition) is 0. The predicted molar refractivity (Wildman–Crippen MR) is 99.6 cm³/mol. The average Bonchev–Trinajstić information content (AvgIpc) is 2.69. The van der Waals surface area contributed by atoms with E-state index in [0.717, 1.165) is 43.1 Å². The van der Waals surface area contributed by atoms with Gasteiger partial charge in [-0.1, -0.05) is 0 Å². The van der Waals surface area contributed by atoms with E-state index in [9.17, 15) is 4.79 Å². The van der Waals surface area contributed by atoms with Crippen LogP contribution in [0.2, 0.25) is 0 Å². The number of carbonyl (C=O) groups excluding carboxylic acids is 1. The van der Waals surface area contributed by atoms with Crippen molar-refractivity contribution in [3.8, 4) is 0 Å². The molecule has 0 N–H and O–H groups in total. The molecule has 2 aromatic rings. The lowest BCUT2D eigenvalue weighted by molar-refractivity contribution is -0.0871. The van der Waals surface area contributed by atoms with Gasteiger partial charge >= 0.3 is 0 Å². The van der Waals surface area contributed by atoms with Crippen LogP contribution in [0.4, 0.5) is 5.82 Å². The zero-order chi connectivity index (χ0) is 18.9. The molecular formula is C19H24N6O2. The highest BCUT2D eigenvalue weighted by Crippen LogP contribution is 2.32. The highest BCUT2D eigenvalue weighted by atomic mass is 16.5. The summed E-state index contributed by atoms with van der Waals surface area (Å²) >= 11 is 0. The Hall–Kier alpha value is -2.61. The highest BCUT2D eigenvalue weighted by molar-refractivity contribution is 5.92. The number of aryl methyl sites for hydroxylation is 2. The van der Waals surface area contributed by atoms with E-state index in [2.05, 4.69) is 24.8 Å². The largest absolute Gasteiger partial charge is 0.371 e. The van der Waals surface area contributed by atoms with Crippen LogP contribution in [0, 0.1) is 13.8 Å². The van der Waals surface area contributed by atoms with Crippen molar-refractivity contribution in [1.82, 2.24) is 24.8 Å². The first kappa shape index (κ1) is 17.8. The van der Waals surface area contributed by atoms with E-state index in [0.29, 0.717) is 25.4 Å². The zero-order valence-electron chi connectivity index (χ0n) is 15.8. The average molecular weight is 368 g/mol. The third-order valence-corrected chi connectivity index (χ3v) is 5.37. The number of nitrogens with zero attached hydrogens (tertiary/aromatic N) is 6. The van der Waals surface area contributed by atoms with Gasteiger partial charge in [-0.25, -0.2) is 9.97 Å². The maximum atomic E-state index is 12.7. The Balaban J connectivity index is 1.42. The van der Waals surface area contributed by atoms with E-state index < -0.39 is 0 Å². The van der Waals surface area contributed by atoms with Crippen molar-refractivity contribution in [2.75, 3.05) is 37.7 Å². The van der Waals surface area contributed by atoms with E-state index in [4.69, 9.17) is 4.74 Å². The highest BCUT2D eigenvalue weighted by Gasteiger charge is 2.41. The van der Waals surface area contributed by atoms with Gasteiger partial charge in [-0.3, -0.25) is 14.8 Å². The number of piperidine rings is 1. The van der Waals surface area contributed by atoms with Gasteiger partial charge in [-0.05, 0) is 26.7 Å². The summed E-state index contributed by atoms with van der Waals surface area (Å²) in [6, 6.07) is 0. The summed E-state index contributed by atoms with van der Waals surface area (Å²) in [6.45, 7) is 7.39. The standard InChI is InChI=1S/C19H24N6O2/c1-14-11-23-16(12-22-14)18(26)24-7-3-19(4-8-24)13-25(9-10-27-19)17-15(2)20-5-6-21-17/h5-6,11-12H,3-4,7-10,13H2,1-2H3. The number of carbonyl (C=O) groups is 1. The summed E-state index contributed by atoms with van der Waals surface area (Å²) in [7, 11) is 0. The SMILES string of the molecule is Cc1cnc(C(=O)N2CCC3(CC2)CN(c2nccnc2C)CCO3)cn1. The summed E-state index contributed by atoms with van der Waals surface area (Å²) in [4.78, 5) is 34.0. The fraction of sp³-hybridized carbons (Fsp3) is 0.526. The number of morpholine rings is 1. The molecule has 2 aliphatic heterocycles. The molecule has 0 atom stereocenters. The Labute approximate surface area is 158 Å². The van der Waals surface area contributed by atoms with Crippen LogP contribution >= 0.6 is 0 Å². The first-order valence-electron chi connectivity index (χ1n) is 9.31.